The number of carbonyl (C=O) groups excluding carboxylic acids is 2. The lowest BCUT2D eigenvalue weighted by Gasteiger charge is -2.15. The third kappa shape index (κ3) is 5.18. The molecule has 162 valence electrons. The van der Waals surface area contributed by atoms with E-state index in [-0.39, 0.29) is 22.9 Å². The molecular weight excluding hydrogens is 426 g/mol. The summed E-state index contributed by atoms with van der Waals surface area (Å²) in [6, 6.07) is 3.08. The van der Waals surface area contributed by atoms with Crippen LogP contribution in [-0.2, 0) is 0 Å². The van der Waals surface area contributed by atoms with Crippen molar-refractivity contribution in [1.82, 2.24) is 19.2 Å². The number of halogens is 2. The summed E-state index contributed by atoms with van der Waals surface area (Å²) in [4.78, 5) is 34.8. The number of benzene rings is 1. The van der Waals surface area contributed by atoms with E-state index in [1.807, 2.05) is 6.92 Å². The van der Waals surface area contributed by atoms with E-state index in [4.69, 9.17) is 0 Å². The molecule has 3 rings (SSSR count). The van der Waals surface area contributed by atoms with E-state index in [9.17, 15) is 18.4 Å². The minimum atomic E-state index is -1.06. The van der Waals surface area contributed by atoms with Gasteiger partial charge in [0.2, 0.25) is 0 Å². The van der Waals surface area contributed by atoms with E-state index < -0.39 is 17.5 Å². The predicted octanol–water partition coefficient (Wildman–Crippen LogP) is 4.00. The highest BCUT2D eigenvalue weighted by Crippen LogP contribution is 2.28. The van der Waals surface area contributed by atoms with Crippen LogP contribution in [0, 0.1) is 18.6 Å². The van der Waals surface area contributed by atoms with Gasteiger partial charge in [-0.15, -0.1) is 0 Å². The Bertz CT molecular complexity index is 1100. The van der Waals surface area contributed by atoms with E-state index in [1.54, 1.807) is 18.9 Å². The topological polar surface area (TPSA) is 100 Å². The molecule has 1 aromatic carbocycles. The molecule has 0 bridgehead atoms. The summed E-state index contributed by atoms with van der Waals surface area (Å²) in [5.74, 6) is -2.53. The van der Waals surface area contributed by atoms with Gasteiger partial charge in [0.15, 0.2) is 11.6 Å². The summed E-state index contributed by atoms with van der Waals surface area (Å²) >= 11 is 1.04. The number of aryl methyl sites for hydroxylation is 1. The van der Waals surface area contributed by atoms with Gasteiger partial charge in [-0.3, -0.25) is 9.59 Å². The number of amides is 2. The molecule has 8 nitrogen and oxygen atoms in total. The monoisotopic (exact) mass is 446 g/mol. The van der Waals surface area contributed by atoms with Gasteiger partial charge in [-0.25, -0.2) is 18.7 Å². The molecule has 0 saturated carbocycles. The second-order valence-corrected chi connectivity index (χ2v) is 7.47. The lowest BCUT2D eigenvalue weighted by Crippen LogP contribution is -2.28. The maximum Gasteiger partial charge on any atom is 0.273 e. The van der Waals surface area contributed by atoms with Crippen molar-refractivity contribution in [3.8, 4) is 0 Å². The zero-order chi connectivity index (χ0) is 22.5. The van der Waals surface area contributed by atoms with Gasteiger partial charge in [0, 0.05) is 25.3 Å². The van der Waals surface area contributed by atoms with Crippen molar-refractivity contribution in [2.75, 3.05) is 24.2 Å². The Labute approximate surface area is 181 Å². The summed E-state index contributed by atoms with van der Waals surface area (Å²) in [6.45, 7) is 4.23. The van der Waals surface area contributed by atoms with Gasteiger partial charge < -0.3 is 15.5 Å². The average molecular weight is 446 g/mol. The van der Waals surface area contributed by atoms with Crippen LogP contribution in [-0.4, -0.2) is 44.6 Å². The molecule has 0 aliphatic carbocycles. The van der Waals surface area contributed by atoms with Crippen LogP contribution in [0.4, 0.5) is 25.3 Å². The van der Waals surface area contributed by atoms with E-state index in [0.717, 1.165) is 30.1 Å². The minimum Gasteiger partial charge on any atom is -0.340 e. The SMILES string of the molecule is CCCN(C)C(=O)c1cnc(Nc2snc(C)c2C(=O)Nc2ccc(F)c(F)c2)cn1. The second-order valence-electron chi connectivity index (χ2n) is 6.69. The van der Waals surface area contributed by atoms with E-state index in [0.29, 0.717) is 23.1 Å². The van der Waals surface area contributed by atoms with Crippen molar-refractivity contribution in [3.05, 3.63) is 59.2 Å². The van der Waals surface area contributed by atoms with Gasteiger partial charge in [-0.1, -0.05) is 6.92 Å². The summed E-state index contributed by atoms with van der Waals surface area (Å²) in [5.41, 5.74) is 1.01. The first-order valence-electron chi connectivity index (χ1n) is 9.37. The molecule has 0 fully saturated rings. The highest BCUT2D eigenvalue weighted by molar-refractivity contribution is 7.10. The number of rotatable bonds is 7. The third-order valence-electron chi connectivity index (χ3n) is 4.29. The Balaban J connectivity index is 1.75. The lowest BCUT2D eigenvalue weighted by molar-refractivity contribution is 0.0788. The second kappa shape index (κ2) is 9.56. The number of hydrogen-bond acceptors (Lipinski definition) is 7. The van der Waals surface area contributed by atoms with Gasteiger partial charge >= 0.3 is 0 Å². The molecular formula is C20H20F2N6O2S. The zero-order valence-corrected chi connectivity index (χ0v) is 17.9. The first-order chi connectivity index (χ1) is 14.8. The Morgan fingerprint density at radius 2 is 1.94 bits per heavy atom. The van der Waals surface area contributed by atoms with Crippen molar-refractivity contribution < 1.29 is 18.4 Å². The molecule has 2 N–H and O–H groups in total. The van der Waals surface area contributed by atoms with Gasteiger partial charge in [0.05, 0.1) is 23.7 Å². The molecule has 31 heavy (non-hydrogen) atoms. The standard InChI is InChI=1S/C20H20F2N6O2S/c1-4-7-28(3)20(30)15-9-24-16(10-23-15)26-19-17(11(2)27-31-19)18(29)25-12-5-6-13(21)14(22)8-12/h5-6,8-10H,4,7H2,1-3H3,(H,24,26)(H,25,29). The maximum atomic E-state index is 13.4. The van der Waals surface area contributed by atoms with E-state index in [1.165, 1.54) is 18.5 Å². The number of nitrogens with one attached hydrogen (secondary N) is 2. The predicted molar refractivity (Wildman–Crippen MR) is 114 cm³/mol. The Morgan fingerprint density at radius 3 is 2.58 bits per heavy atom. The molecule has 0 radical (unpaired) electrons. The Kier molecular flexibility index (Phi) is 6.85. The quantitative estimate of drug-likeness (QED) is 0.569. The minimum absolute atomic E-state index is 0.110. The van der Waals surface area contributed by atoms with E-state index in [2.05, 4.69) is 25.0 Å². The van der Waals surface area contributed by atoms with Crippen LogP contribution in [0.15, 0.2) is 30.6 Å². The summed E-state index contributed by atoms with van der Waals surface area (Å²) in [7, 11) is 1.69. The van der Waals surface area contributed by atoms with Crippen molar-refractivity contribution >= 4 is 39.9 Å². The summed E-state index contributed by atoms with van der Waals surface area (Å²) in [6.07, 6.45) is 3.57. The fourth-order valence-electron chi connectivity index (χ4n) is 2.74. The number of aromatic nitrogens is 3. The fourth-order valence-corrected chi connectivity index (χ4v) is 3.54. The largest absolute Gasteiger partial charge is 0.340 e. The molecule has 2 heterocycles. The first kappa shape index (κ1) is 22.2. The van der Waals surface area contributed by atoms with Crippen LogP contribution in [0.5, 0.6) is 0 Å². The molecule has 0 aliphatic rings. The molecule has 2 aromatic heterocycles. The molecule has 0 atom stereocenters. The molecule has 2 amide bonds. The van der Waals surface area contributed by atoms with Gasteiger partial charge in [0.25, 0.3) is 11.8 Å². The molecule has 0 spiro atoms. The normalized spacial score (nSPS) is 10.6. The van der Waals surface area contributed by atoms with Crippen molar-refractivity contribution in [1.29, 1.82) is 0 Å². The van der Waals surface area contributed by atoms with Crippen LogP contribution in [0.1, 0.15) is 39.9 Å². The van der Waals surface area contributed by atoms with Crippen LogP contribution in [0.2, 0.25) is 0 Å². The molecule has 0 unspecified atom stereocenters. The van der Waals surface area contributed by atoms with Crippen LogP contribution < -0.4 is 10.6 Å². The maximum absolute atomic E-state index is 13.4. The fraction of sp³-hybridized carbons (Fsp3) is 0.250. The van der Waals surface area contributed by atoms with Crippen molar-refractivity contribution in [2.24, 2.45) is 0 Å². The lowest BCUT2D eigenvalue weighted by atomic mass is 10.2. The molecule has 3 aromatic rings. The number of anilines is 3. The molecule has 0 saturated heterocycles. The van der Waals surface area contributed by atoms with Crippen LogP contribution in [0.25, 0.3) is 0 Å². The molecule has 0 aliphatic heterocycles. The zero-order valence-electron chi connectivity index (χ0n) is 17.1. The summed E-state index contributed by atoms with van der Waals surface area (Å²) < 4.78 is 30.7. The van der Waals surface area contributed by atoms with Gasteiger partial charge in [-0.05, 0) is 37.0 Å². The summed E-state index contributed by atoms with van der Waals surface area (Å²) in [5, 5.41) is 5.88. The number of hydrogen-bond donors (Lipinski definition) is 2. The van der Waals surface area contributed by atoms with Crippen molar-refractivity contribution in [2.45, 2.75) is 20.3 Å². The molecule has 11 heteroatoms. The first-order valence-corrected chi connectivity index (χ1v) is 10.1. The van der Waals surface area contributed by atoms with Gasteiger partial charge in [-0.2, -0.15) is 4.37 Å². The van der Waals surface area contributed by atoms with Crippen molar-refractivity contribution in [3.63, 3.8) is 0 Å². The highest BCUT2D eigenvalue weighted by Gasteiger charge is 2.20. The number of nitrogens with zero attached hydrogens (tertiary/aromatic N) is 4. The number of carbonyl (C=O) groups is 2. The average Bonchev–Trinajstić information content (AvgIpc) is 3.11. The van der Waals surface area contributed by atoms with Crippen LogP contribution >= 0.6 is 11.5 Å². The van der Waals surface area contributed by atoms with Crippen LogP contribution in [0.3, 0.4) is 0 Å². The van der Waals surface area contributed by atoms with E-state index >= 15 is 0 Å². The third-order valence-corrected chi connectivity index (χ3v) is 5.14. The highest BCUT2D eigenvalue weighted by atomic mass is 32.1. The Morgan fingerprint density at radius 1 is 1.16 bits per heavy atom. The Hall–Kier alpha value is -3.47. The van der Waals surface area contributed by atoms with Gasteiger partial charge in [0.1, 0.15) is 16.5 Å². The smallest absolute Gasteiger partial charge is 0.273 e.